The fraction of sp³-hybridized carbons (Fsp3) is 0.462. The summed E-state index contributed by atoms with van der Waals surface area (Å²) in [5, 5.41) is 0. The maximum atomic E-state index is 4.09. The summed E-state index contributed by atoms with van der Waals surface area (Å²) in [5.41, 5.74) is 2.31. The minimum absolute atomic E-state index is 0.634. The Bertz CT molecular complexity index is 364. The van der Waals surface area contributed by atoms with Crippen molar-refractivity contribution in [3.63, 3.8) is 0 Å². The Hall–Kier alpha value is -1.29. The first-order valence-corrected chi connectivity index (χ1v) is 5.28. The monoisotopic (exact) mass is 185 g/mol. The first-order valence-electron chi connectivity index (χ1n) is 5.28. The highest BCUT2D eigenvalue weighted by molar-refractivity contribution is 5.38. The van der Waals surface area contributed by atoms with Gasteiger partial charge in [0.1, 0.15) is 0 Å². The fourth-order valence-electron chi connectivity index (χ4n) is 1.84. The number of hydrogen-bond acceptors (Lipinski definition) is 1. The van der Waals surface area contributed by atoms with E-state index in [0.717, 1.165) is 5.56 Å². The van der Waals surface area contributed by atoms with Crippen LogP contribution < -0.4 is 0 Å². The van der Waals surface area contributed by atoms with E-state index in [-0.39, 0.29) is 0 Å². The molecule has 2 rings (SSSR count). The van der Waals surface area contributed by atoms with Crippen molar-refractivity contribution in [1.82, 2.24) is 4.98 Å². The molecule has 0 aliphatic heterocycles. The van der Waals surface area contributed by atoms with Crippen molar-refractivity contribution in [2.24, 2.45) is 5.92 Å². The van der Waals surface area contributed by atoms with Gasteiger partial charge in [0.05, 0.1) is 0 Å². The van der Waals surface area contributed by atoms with Crippen LogP contribution >= 0.6 is 0 Å². The summed E-state index contributed by atoms with van der Waals surface area (Å²) in [7, 11) is 0. The SMILES string of the molecule is Cc1ccncc1C#CC1CCCC1. The Morgan fingerprint density at radius 2 is 2.14 bits per heavy atom. The van der Waals surface area contributed by atoms with E-state index in [1.54, 1.807) is 0 Å². The molecule has 0 radical (unpaired) electrons. The minimum atomic E-state index is 0.634. The van der Waals surface area contributed by atoms with Gasteiger partial charge in [-0.05, 0) is 31.4 Å². The molecule has 1 heterocycles. The van der Waals surface area contributed by atoms with Crippen LogP contribution in [0.15, 0.2) is 18.5 Å². The molecule has 0 spiro atoms. The summed E-state index contributed by atoms with van der Waals surface area (Å²) in [6.45, 7) is 2.08. The van der Waals surface area contributed by atoms with E-state index in [9.17, 15) is 0 Å². The lowest BCUT2D eigenvalue weighted by molar-refractivity contribution is 0.712. The second-order valence-electron chi connectivity index (χ2n) is 3.94. The van der Waals surface area contributed by atoms with Gasteiger partial charge in [-0.1, -0.05) is 24.7 Å². The molecule has 1 nitrogen and oxygen atoms in total. The lowest BCUT2D eigenvalue weighted by atomic mass is 10.1. The van der Waals surface area contributed by atoms with Crippen molar-refractivity contribution in [2.45, 2.75) is 32.6 Å². The van der Waals surface area contributed by atoms with Gasteiger partial charge in [-0.15, -0.1) is 0 Å². The van der Waals surface area contributed by atoms with Crippen LogP contribution in [0.2, 0.25) is 0 Å². The van der Waals surface area contributed by atoms with Gasteiger partial charge in [0.25, 0.3) is 0 Å². The summed E-state index contributed by atoms with van der Waals surface area (Å²) in [6.07, 6.45) is 8.95. The second-order valence-corrected chi connectivity index (χ2v) is 3.94. The molecule has 0 amide bonds. The Labute approximate surface area is 85.6 Å². The van der Waals surface area contributed by atoms with Gasteiger partial charge in [0, 0.05) is 23.9 Å². The molecule has 1 aliphatic rings. The van der Waals surface area contributed by atoms with Gasteiger partial charge in [0.2, 0.25) is 0 Å². The highest BCUT2D eigenvalue weighted by Crippen LogP contribution is 2.23. The Kier molecular flexibility index (Phi) is 2.84. The number of aryl methyl sites for hydroxylation is 1. The smallest absolute Gasteiger partial charge is 0.0458 e. The highest BCUT2D eigenvalue weighted by Gasteiger charge is 2.11. The summed E-state index contributed by atoms with van der Waals surface area (Å²) < 4.78 is 0. The molecular weight excluding hydrogens is 170 g/mol. The molecule has 0 saturated heterocycles. The second kappa shape index (κ2) is 4.28. The van der Waals surface area contributed by atoms with Crippen LogP contribution in [0.3, 0.4) is 0 Å². The molecule has 0 N–H and O–H groups in total. The molecule has 0 unspecified atom stereocenters. The average molecular weight is 185 g/mol. The maximum Gasteiger partial charge on any atom is 0.0458 e. The first-order chi connectivity index (χ1) is 6.86. The number of pyridine rings is 1. The lowest BCUT2D eigenvalue weighted by Crippen LogP contribution is -1.88. The zero-order valence-electron chi connectivity index (χ0n) is 8.59. The molecule has 0 bridgehead atoms. The molecule has 1 fully saturated rings. The van der Waals surface area contributed by atoms with Crippen molar-refractivity contribution in [3.05, 3.63) is 29.6 Å². The zero-order valence-corrected chi connectivity index (χ0v) is 8.59. The maximum absolute atomic E-state index is 4.09. The zero-order chi connectivity index (χ0) is 9.80. The molecule has 72 valence electrons. The summed E-state index contributed by atoms with van der Waals surface area (Å²) in [6, 6.07) is 2.01. The van der Waals surface area contributed by atoms with Crippen LogP contribution in [0.25, 0.3) is 0 Å². The van der Waals surface area contributed by atoms with Gasteiger partial charge in [-0.3, -0.25) is 4.98 Å². The van der Waals surface area contributed by atoms with E-state index in [2.05, 4.69) is 23.7 Å². The highest BCUT2D eigenvalue weighted by atomic mass is 14.6. The number of nitrogens with zero attached hydrogens (tertiary/aromatic N) is 1. The van der Waals surface area contributed by atoms with E-state index in [4.69, 9.17) is 0 Å². The van der Waals surface area contributed by atoms with Crippen LogP contribution in [-0.2, 0) is 0 Å². The number of hydrogen-bond donors (Lipinski definition) is 0. The van der Waals surface area contributed by atoms with E-state index in [0.29, 0.717) is 5.92 Å². The molecule has 1 aromatic heterocycles. The Morgan fingerprint density at radius 1 is 1.36 bits per heavy atom. The Balaban J connectivity index is 2.12. The van der Waals surface area contributed by atoms with Crippen LogP contribution in [0, 0.1) is 24.7 Å². The van der Waals surface area contributed by atoms with Gasteiger partial charge in [0.15, 0.2) is 0 Å². The predicted octanol–water partition coefficient (Wildman–Crippen LogP) is 2.93. The van der Waals surface area contributed by atoms with Gasteiger partial charge < -0.3 is 0 Å². The van der Waals surface area contributed by atoms with Crippen LogP contribution in [-0.4, -0.2) is 4.98 Å². The van der Waals surface area contributed by atoms with Gasteiger partial charge in [-0.25, -0.2) is 0 Å². The molecule has 1 aliphatic carbocycles. The predicted molar refractivity (Wildman–Crippen MR) is 57.8 cm³/mol. The number of rotatable bonds is 0. The molecular formula is C13H15N. The third-order valence-corrected chi connectivity index (χ3v) is 2.81. The molecule has 1 aromatic rings. The van der Waals surface area contributed by atoms with E-state index >= 15 is 0 Å². The van der Waals surface area contributed by atoms with Crippen molar-refractivity contribution in [3.8, 4) is 11.8 Å². The minimum Gasteiger partial charge on any atom is -0.263 e. The fourth-order valence-corrected chi connectivity index (χ4v) is 1.84. The molecule has 1 saturated carbocycles. The van der Waals surface area contributed by atoms with Crippen LogP contribution in [0.1, 0.15) is 36.8 Å². The molecule has 0 aromatic carbocycles. The van der Waals surface area contributed by atoms with Crippen molar-refractivity contribution < 1.29 is 0 Å². The number of aromatic nitrogens is 1. The van der Waals surface area contributed by atoms with Crippen LogP contribution in [0.5, 0.6) is 0 Å². The van der Waals surface area contributed by atoms with Gasteiger partial charge in [-0.2, -0.15) is 0 Å². The normalized spacial score (nSPS) is 16.4. The van der Waals surface area contributed by atoms with Crippen LogP contribution in [0.4, 0.5) is 0 Å². The average Bonchev–Trinajstić information content (AvgIpc) is 2.69. The third-order valence-electron chi connectivity index (χ3n) is 2.81. The molecule has 0 atom stereocenters. The first kappa shape index (κ1) is 9.27. The quantitative estimate of drug-likeness (QED) is 0.566. The third kappa shape index (κ3) is 2.14. The summed E-state index contributed by atoms with van der Waals surface area (Å²) in [4.78, 5) is 4.09. The van der Waals surface area contributed by atoms with E-state index < -0.39 is 0 Å². The van der Waals surface area contributed by atoms with E-state index in [1.165, 1.54) is 31.2 Å². The van der Waals surface area contributed by atoms with Crippen molar-refractivity contribution in [1.29, 1.82) is 0 Å². The Morgan fingerprint density at radius 3 is 2.86 bits per heavy atom. The van der Waals surface area contributed by atoms with Crippen molar-refractivity contribution in [2.75, 3.05) is 0 Å². The van der Waals surface area contributed by atoms with E-state index in [1.807, 2.05) is 18.5 Å². The molecule has 14 heavy (non-hydrogen) atoms. The summed E-state index contributed by atoms with van der Waals surface area (Å²) >= 11 is 0. The standard InChI is InChI=1S/C13H15N/c1-11-8-9-14-10-13(11)7-6-12-4-2-3-5-12/h8-10,12H,2-5H2,1H3. The van der Waals surface area contributed by atoms with Gasteiger partial charge >= 0.3 is 0 Å². The summed E-state index contributed by atoms with van der Waals surface area (Å²) in [5.74, 6) is 7.22. The topological polar surface area (TPSA) is 12.9 Å². The lowest BCUT2D eigenvalue weighted by Gasteiger charge is -1.97. The largest absolute Gasteiger partial charge is 0.263 e. The molecule has 1 heteroatoms. The van der Waals surface area contributed by atoms with Crippen molar-refractivity contribution >= 4 is 0 Å².